The van der Waals surface area contributed by atoms with Crippen LogP contribution in [0.5, 0.6) is 0 Å². The van der Waals surface area contributed by atoms with Gasteiger partial charge in [-0.2, -0.15) is 0 Å². The molecule has 2 heterocycles. The minimum absolute atomic E-state index is 0.310. The molecule has 0 spiro atoms. The number of allylic oxidation sites excluding steroid dienone is 2. The van der Waals surface area contributed by atoms with Gasteiger partial charge in [-0.15, -0.1) is 0 Å². The Bertz CT molecular complexity index is 650. The molecular weight excluding hydrogens is 324 g/mol. The lowest BCUT2D eigenvalue weighted by Gasteiger charge is -2.49. The lowest BCUT2D eigenvalue weighted by molar-refractivity contribution is -0.109. The highest BCUT2D eigenvalue weighted by molar-refractivity contribution is 5.28. The van der Waals surface area contributed by atoms with Crippen molar-refractivity contribution < 1.29 is 14.2 Å². The van der Waals surface area contributed by atoms with Gasteiger partial charge in [0, 0.05) is 14.2 Å². The Morgan fingerprint density at radius 1 is 0.615 bits per heavy atom. The highest BCUT2D eigenvalue weighted by Crippen LogP contribution is 2.77. The fraction of sp³-hybridized carbons (Fsp3) is 0.913. The van der Waals surface area contributed by atoms with Gasteiger partial charge in [0.2, 0.25) is 0 Å². The van der Waals surface area contributed by atoms with Crippen molar-refractivity contribution in [3.05, 3.63) is 12.2 Å². The van der Waals surface area contributed by atoms with Gasteiger partial charge in [0.1, 0.15) is 0 Å². The predicted octanol–water partition coefficient (Wildman–Crippen LogP) is 3.00. The van der Waals surface area contributed by atoms with Gasteiger partial charge >= 0.3 is 0 Å². The van der Waals surface area contributed by atoms with Gasteiger partial charge < -0.3 is 14.2 Å². The van der Waals surface area contributed by atoms with Crippen LogP contribution in [-0.4, -0.2) is 38.6 Å². The maximum absolute atomic E-state index is 6.88. The summed E-state index contributed by atoms with van der Waals surface area (Å²) < 4.78 is 18.8. The van der Waals surface area contributed by atoms with Crippen molar-refractivity contribution >= 4 is 0 Å². The van der Waals surface area contributed by atoms with E-state index in [0.717, 1.165) is 59.2 Å². The topological polar surface area (TPSA) is 27.7 Å². The highest BCUT2D eigenvalue weighted by atomic mass is 16.5. The Kier molecular flexibility index (Phi) is 2.49. The third-order valence-electron chi connectivity index (χ3n) is 11.1. The molecule has 16 unspecified atom stereocenters. The van der Waals surface area contributed by atoms with Crippen molar-refractivity contribution in [3.63, 3.8) is 0 Å². The zero-order chi connectivity index (χ0) is 16.9. The van der Waals surface area contributed by atoms with E-state index in [1.807, 2.05) is 14.2 Å². The summed E-state index contributed by atoms with van der Waals surface area (Å²) in [6, 6.07) is 0. The molecule has 0 aromatic rings. The first-order chi connectivity index (χ1) is 12.8. The van der Waals surface area contributed by atoms with Crippen LogP contribution in [0.3, 0.4) is 0 Å². The maximum Gasteiger partial charge on any atom is 0.0867 e. The second kappa shape index (κ2) is 4.44. The number of ether oxygens (including phenoxy) is 3. The van der Waals surface area contributed by atoms with Crippen LogP contribution in [-0.2, 0) is 14.2 Å². The molecule has 5 saturated carbocycles. The van der Waals surface area contributed by atoms with Crippen molar-refractivity contribution in [2.24, 2.45) is 71.0 Å². The smallest absolute Gasteiger partial charge is 0.0867 e. The molecule has 8 aliphatic rings. The molecule has 26 heavy (non-hydrogen) atoms. The average Bonchev–Trinajstić information content (AvgIpc) is 3.46. The van der Waals surface area contributed by atoms with Crippen LogP contribution < -0.4 is 0 Å². The average molecular weight is 354 g/mol. The van der Waals surface area contributed by atoms with Gasteiger partial charge in [-0.3, -0.25) is 0 Å². The third kappa shape index (κ3) is 1.29. The van der Waals surface area contributed by atoms with Crippen molar-refractivity contribution in [3.8, 4) is 0 Å². The summed E-state index contributed by atoms with van der Waals surface area (Å²) in [5.41, 5.74) is 0. The van der Waals surface area contributed by atoms with Crippen LogP contribution in [0.1, 0.15) is 19.3 Å². The molecule has 3 heteroatoms. The SMILES string of the molecule is COC1C2CC(C1OC)C1C3OC(C21)C1C2CC(C4C5C=CC(C5)C24)C31. The Balaban J connectivity index is 1.19. The van der Waals surface area contributed by atoms with E-state index < -0.39 is 0 Å². The predicted molar refractivity (Wildman–Crippen MR) is 95.1 cm³/mol. The normalized spacial score (nSPS) is 72.5. The van der Waals surface area contributed by atoms with Gasteiger partial charge in [0.25, 0.3) is 0 Å². The Labute approximate surface area is 155 Å². The second-order valence-corrected chi connectivity index (χ2v) is 11.0. The quantitative estimate of drug-likeness (QED) is 0.564. The molecular formula is C23H30O3. The molecule has 140 valence electrons. The molecule has 0 N–H and O–H groups in total. The zero-order valence-electron chi connectivity index (χ0n) is 15.7. The maximum atomic E-state index is 6.88. The molecule has 0 aromatic carbocycles. The first kappa shape index (κ1) is 14.6. The molecule has 0 amide bonds. The van der Waals surface area contributed by atoms with E-state index in [-0.39, 0.29) is 0 Å². The van der Waals surface area contributed by atoms with Crippen LogP contribution >= 0.6 is 0 Å². The van der Waals surface area contributed by atoms with Crippen molar-refractivity contribution in [2.45, 2.75) is 43.7 Å². The molecule has 2 aliphatic heterocycles. The first-order valence-electron chi connectivity index (χ1n) is 11.2. The van der Waals surface area contributed by atoms with E-state index in [1.165, 1.54) is 19.3 Å². The molecule has 6 aliphatic carbocycles. The number of methoxy groups -OCH3 is 2. The molecule has 8 bridgehead atoms. The number of hydrogen-bond acceptors (Lipinski definition) is 3. The van der Waals surface area contributed by atoms with E-state index in [9.17, 15) is 0 Å². The lowest BCUT2D eigenvalue weighted by atomic mass is 9.55. The molecule has 16 atom stereocenters. The number of fused-ring (bicyclic) bond motifs is 23. The molecule has 0 aromatic heterocycles. The summed E-state index contributed by atoms with van der Waals surface area (Å²) in [7, 11) is 3.79. The fourth-order valence-corrected chi connectivity index (χ4v) is 11.1. The first-order valence-corrected chi connectivity index (χ1v) is 11.2. The van der Waals surface area contributed by atoms with Crippen LogP contribution in [0, 0.1) is 71.0 Å². The van der Waals surface area contributed by atoms with E-state index in [0.29, 0.717) is 36.3 Å². The second-order valence-electron chi connectivity index (χ2n) is 11.0. The summed E-state index contributed by atoms with van der Waals surface area (Å²) in [5.74, 6) is 10.5. The van der Waals surface area contributed by atoms with Crippen LogP contribution in [0.15, 0.2) is 12.2 Å². The van der Waals surface area contributed by atoms with E-state index in [1.54, 1.807) is 0 Å². The van der Waals surface area contributed by atoms with Gasteiger partial charge in [0.15, 0.2) is 0 Å². The summed E-state index contributed by atoms with van der Waals surface area (Å²) in [6.45, 7) is 0. The minimum atomic E-state index is 0.310. The number of hydrogen-bond donors (Lipinski definition) is 0. The van der Waals surface area contributed by atoms with Crippen LogP contribution in [0.25, 0.3) is 0 Å². The third-order valence-corrected chi connectivity index (χ3v) is 11.1. The summed E-state index contributed by atoms with van der Waals surface area (Å²) in [4.78, 5) is 0. The zero-order valence-corrected chi connectivity index (χ0v) is 15.7. The molecule has 0 radical (unpaired) electrons. The van der Waals surface area contributed by atoms with E-state index in [2.05, 4.69) is 12.2 Å². The van der Waals surface area contributed by atoms with Gasteiger partial charge in [-0.25, -0.2) is 0 Å². The number of rotatable bonds is 2. The molecule has 7 fully saturated rings. The van der Waals surface area contributed by atoms with Gasteiger partial charge in [-0.05, 0) is 90.3 Å². The molecule has 2 saturated heterocycles. The van der Waals surface area contributed by atoms with Crippen molar-refractivity contribution in [1.82, 2.24) is 0 Å². The minimum Gasteiger partial charge on any atom is -0.378 e. The van der Waals surface area contributed by atoms with Gasteiger partial charge in [-0.1, -0.05) is 12.2 Å². The molecule has 3 nitrogen and oxygen atoms in total. The largest absolute Gasteiger partial charge is 0.378 e. The highest BCUT2D eigenvalue weighted by Gasteiger charge is 2.78. The van der Waals surface area contributed by atoms with Crippen LogP contribution in [0.4, 0.5) is 0 Å². The van der Waals surface area contributed by atoms with Crippen molar-refractivity contribution in [1.29, 1.82) is 0 Å². The Morgan fingerprint density at radius 3 is 1.58 bits per heavy atom. The Hall–Kier alpha value is -0.380. The van der Waals surface area contributed by atoms with E-state index in [4.69, 9.17) is 14.2 Å². The molecule has 8 rings (SSSR count). The summed E-state index contributed by atoms with van der Waals surface area (Å²) in [5, 5.41) is 0. The fourth-order valence-electron chi connectivity index (χ4n) is 11.1. The summed E-state index contributed by atoms with van der Waals surface area (Å²) >= 11 is 0. The monoisotopic (exact) mass is 354 g/mol. The van der Waals surface area contributed by atoms with Crippen molar-refractivity contribution in [2.75, 3.05) is 14.2 Å². The van der Waals surface area contributed by atoms with Gasteiger partial charge in [0.05, 0.1) is 24.4 Å². The lowest BCUT2D eigenvalue weighted by Crippen LogP contribution is -2.54. The standard InChI is InChI=1S/C23H30O3/c1-24-20-12-7-13(21(20)25-2)19-18(12)22-16-10-6-11(17(16)23(19)26-22)15-9-4-3-8(5-9)14(10)15/h3-4,8-23H,5-7H2,1-2H3. The summed E-state index contributed by atoms with van der Waals surface area (Å²) in [6.07, 6.45) is 11.2. The Morgan fingerprint density at radius 2 is 1.08 bits per heavy atom. The van der Waals surface area contributed by atoms with Crippen LogP contribution in [0.2, 0.25) is 0 Å². The van der Waals surface area contributed by atoms with E-state index >= 15 is 0 Å².